The van der Waals surface area contributed by atoms with Gasteiger partial charge in [0, 0.05) is 23.7 Å². The molecule has 0 aromatic heterocycles. The summed E-state index contributed by atoms with van der Waals surface area (Å²) >= 11 is 0. The first kappa shape index (κ1) is 20.3. The van der Waals surface area contributed by atoms with Crippen LogP contribution in [0.15, 0.2) is 0 Å². The lowest BCUT2D eigenvalue weighted by atomic mass is 9.66. The standard InChI is InChI=1S/C18H29NO5/c1-8-16(2,3)14(22)17(4,5)11-18(6,7)15(23)24-19-12(20)9-10-13(19)21/h8-11H2,1-7H3. The van der Waals surface area contributed by atoms with Crippen molar-refractivity contribution in [3.05, 3.63) is 0 Å². The summed E-state index contributed by atoms with van der Waals surface area (Å²) in [6, 6.07) is 0. The van der Waals surface area contributed by atoms with Gasteiger partial charge >= 0.3 is 5.97 Å². The third-order valence-corrected chi connectivity index (χ3v) is 4.73. The molecule has 6 nitrogen and oxygen atoms in total. The first-order chi connectivity index (χ1) is 10.7. The van der Waals surface area contributed by atoms with Crippen molar-refractivity contribution in [2.24, 2.45) is 16.2 Å². The molecule has 1 saturated heterocycles. The molecule has 6 heteroatoms. The van der Waals surface area contributed by atoms with Crippen LogP contribution in [0.25, 0.3) is 0 Å². The number of ketones is 1. The minimum atomic E-state index is -1.01. The van der Waals surface area contributed by atoms with Gasteiger partial charge in [0.2, 0.25) is 0 Å². The molecule has 0 aromatic rings. The normalized spacial score (nSPS) is 16.5. The Bertz CT molecular complexity index is 544. The van der Waals surface area contributed by atoms with E-state index in [-0.39, 0.29) is 25.0 Å². The summed E-state index contributed by atoms with van der Waals surface area (Å²) in [6.07, 6.45) is 1.08. The number of Topliss-reactive ketones (excluding diaryl/α,β-unsaturated/α-hetero) is 1. The van der Waals surface area contributed by atoms with Gasteiger partial charge in [-0.25, -0.2) is 4.79 Å². The summed E-state index contributed by atoms with van der Waals surface area (Å²) in [4.78, 5) is 53.4. The third-order valence-electron chi connectivity index (χ3n) is 4.73. The molecule has 2 amide bonds. The number of hydroxylamine groups is 2. The van der Waals surface area contributed by atoms with Crippen LogP contribution in [0.3, 0.4) is 0 Å². The molecule has 1 heterocycles. The van der Waals surface area contributed by atoms with Crippen LogP contribution in [0.2, 0.25) is 0 Å². The van der Waals surface area contributed by atoms with Crippen LogP contribution in [-0.4, -0.2) is 28.6 Å². The molecule has 0 unspecified atom stereocenters. The molecule has 0 atom stereocenters. The minimum Gasteiger partial charge on any atom is -0.330 e. The zero-order valence-electron chi connectivity index (χ0n) is 15.8. The summed E-state index contributed by atoms with van der Waals surface area (Å²) in [5.74, 6) is -1.62. The van der Waals surface area contributed by atoms with Crippen LogP contribution >= 0.6 is 0 Å². The first-order valence-corrected chi connectivity index (χ1v) is 8.38. The van der Waals surface area contributed by atoms with Gasteiger partial charge in [0.25, 0.3) is 11.8 Å². The number of hydrogen-bond acceptors (Lipinski definition) is 5. The molecule has 0 spiro atoms. The molecule has 24 heavy (non-hydrogen) atoms. The quantitative estimate of drug-likeness (QED) is 0.666. The predicted molar refractivity (Wildman–Crippen MR) is 88.4 cm³/mol. The molecule has 0 radical (unpaired) electrons. The molecule has 0 bridgehead atoms. The maximum atomic E-state index is 12.8. The molecule has 0 N–H and O–H groups in total. The van der Waals surface area contributed by atoms with E-state index in [4.69, 9.17) is 4.84 Å². The summed E-state index contributed by atoms with van der Waals surface area (Å²) < 4.78 is 0. The molecule has 1 fully saturated rings. The second-order valence-electron chi connectivity index (χ2n) is 8.47. The average molecular weight is 339 g/mol. The predicted octanol–water partition coefficient (Wildman–Crippen LogP) is 3.04. The van der Waals surface area contributed by atoms with Crippen LogP contribution in [0.1, 0.15) is 74.1 Å². The van der Waals surface area contributed by atoms with Crippen LogP contribution in [0.4, 0.5) is 0 Å². The van der Waals surface area contributed by atoms with E-state index in [1.165, 1.54) is 0 Å². The maximum Gasteiger partial charge on any atom is 0.338 e. The molecule has 1 rings (SSSR count). The summed E-state index contributed by atoms with van der Waals surface area (Å²) in [5, 5.41) is 0.550. The van der Waals surface area contributed by atoms with Crippen LogP contribution in [0.5, 0.6) is 0 Å². The zero-order valence-corrected chi connectivity index (χ0v) is 15.8. The SMILES string of the molecule is CCC(C)(C)C(=O)C(C)(C)CC(C)(C)C(=O)ON1C(=O)CCC1=O. The highest BCUT2D eigenvalue weighted by Crippen LogP contribution is 2.41. The van der Waals surface area contributed by atoms with Gasteiger partial charge in [-0.1, -0.05) is 34.6 Å². The van der Waals surface area contributed by atoms with Crippen LogP contribution in [0, 0.1) is 16.2 Å². The molecule has 1 aliphatic heterocycles. The van der Waals surface area contributed by atoms with Gasteiger partial charge in [-0.3, -0.25) is 14.4 Å². The summed E-state index contributed by atoms with van der Waals surface area (Å²) in [7, 11) is 0. The number of carbonyl (C=O) groups excluding carboxylic acids is 4. The second kappa shape index (κ2) is 6.65. The minimum absolute atomic E-state index is 0.0568. The molecule has 136 valence electrons. The largest absolute Gasteiger partial charge is 0.338 e. The van der Waals surface area contributed by atoms with E-state index in [1.54, 1.807) is 13.8 Å². The lowest BCUT2D eigenvalue weighted by molar-refractivity contribution is -0.205. The van der Waals surface area contributed by atoms with Crippen molar-refractivity contribution < 1.29 is 24.0 Å². The molecule has 0 aliphatic carbocycles. The summed E-state index contributed by atoms with van der Waals surface area (Å²) in [6.45, 7) is 12.7. The number of hydrogen-bond donors (Lipinski definition) is 0. The average Bonchev–Trinajstić information content (AvgIpc) is 2.77. The lowest BCUT2D eigenvalue weighted by Gasteiger charge is -2.37. The van der Waals surface area contributed by atoms with Crippen LogP contribution in [-0.2, 0) is 24.0 Å². The highest BCUT2D eigenvalue weighted by atomic mass is 16.7. The van der Waals surface area contributed by atoms with Crippen molar-refractivity contribution in [3.8, 4) is 0 Å². The van der Waals surface area contributed by atoms with E-state index in [1.807, 2.05) is 34.6 Å². The Morgan fingerprint density at radius 3 is 1.79 bits per heavy atom. The Labute approximate surface area is 143 Å². The Hall–Kier alpha value is -1.72. The van der Waals surface area contributed by atoms with Crippen molar-refractivity contribution in [2.45, 2.75) is 74.1 Å². The third kappa shape index (κ3) is 4.22. The van der Waals surface area contributed by atoms with E-state index in [0.29, 0.717) is 11.5 Å². The summed E-state index contributed by atoms with van der Waals surface area (Å²) in [5.41, 5.74) is -2.22. The van der Waals surface area contributed by atoms with Crippen molar-refractivity contribution in [2.75, 3.05) is 0 Å². The van der Waals surface area contributed by atoms with Crippen molar-refractivity contribution >= 4 is 23.6 Å². The Balaban J connectivity index is 2.87. The van der Waals surface area contributed by atoms with Crippen molar-refractivity contribution in [1.29, 1.82) is 0 Å². The fourth-order valence-corrected chi connectivity index (χ4v) is 3.20. The van der Waals surface area contributed by atoms with E-state index in [2.05, 4.69) is 0 Å². The first-order valence-electron chi connectivity index (χ1n) is 8.38. The molecule has 0 saturated carbocycles. The Morgan fingerprint density at radius 2 is 1.38 bits per heavy atom. The van der Waals surface area contributed by atoms with Gasteiger partial charge in [-0.05, 0) is 26.7 Å². The molecule has 0 aromatic carbocycles. The lowest BCUT2D eigenvalue weighted by Crippen LogP contribution is -2.43. The fourth-order valence-electron chi connectivity index (χ4n) is 3.20. The number of imide groups is 1. The van der Waals surface area contributed by atoms with E-state index < -0.39 is 34.0 Å². The van der Waals surface area contributed by atoms with E-state index in [0.717, 1.165) is 0 Å². The Kier molecular flexibility index (Phi) is 5.63. The number of rotatable bonds is 7. The molecular formula is C18H29NO5. The van der Waals surface area contributed by atoms with Crippen LogP contribution < -0.4 is 0 Å². The number of carbonyl (C=O) groups is 4. The van der Waals surface area contributed by atoms with Crippen molar-refractivity contribution in [1.82, 2.24) is 5.06 Å². The fraction of sp³-hybridized carbons (Fsp3) is 0.778. The van der Waals surface area contributed by atoms with Gasteiger partial charge in [0.15, 0.2) is 0 Å². The highest BCUT2D eigenvalue weighted by Gasteiger charge is 2.45. The Morgan fingerprint density at radius 1 is 0.917 bits per heavy atom. The van der Waals surface area contributed by atoms with Crippen molar-refractivity contribution in [3.63, 3.8) is 0 Å². The second-order valence-corrected chi connectivity index (χ2v) is 8.47. The zero-order chi connectivity index (χ0) is 18.9. The van der Waals surface area contributed by atoms with Gasteiger partial charge in [0.05, 0.1) is 5.41 Å². The van der Waals surface area contributed by atoms with Gasteiger partial charge < -0.3 is 4.84 Å². The highest BCUT2D eigenvalue weighted by molar-refractivity contribution is 6.01. The smallest absolute Gasteiger partial charge is 0.330 e. The maximum absolute atomic E-state index is 12.8. The topological polar surface area (TPSA) is 80.8 Å². The monoisotopic (exact) mass is 339 g/mol. The van der Waals surface area contributed by atoms with E-state index in [9.17, 15) is 19.2 Å². The number of nitrogens with zero attached hydrogens (tertiary/aromatic N) is 1. The van der Waals surface area contributed by atoms with Gasteiger partial charge in [-0.15, -0.1) is 5.06 Å². The molecule has 1 aliphatic rings. The van der Waals surface area contributed by atoms with Gasteiger partial charge in [0.1, 0.15) is 5.78 Å². The number of amides is 2. The van der Waals surface area contributed by atoms with E-state index >= 15 is 0 Å². The molecular weight excluding hydrogens is 310 g/mol. The van der Waals surface area contributed by atoms with Gasteiger partial charge in [-0.2, -0.15) is 0 Å².